The molecule has 0 amide bonds. The van der Waals surface area contributed by atoms with Crippen LogP contribution in [0.4, 0.5) is 0 Å². The highest BCUT2D eigenvalue weighted by atomic mass is 32.2. The lowest BCUT2D eigenvalue weighted by molar-refractivity contribution is 0.382. The summed E-state index contributed by atoms with van der Waals surface area (Å²) in [5, 5.41) is 7.29. The molecular formula is C14H17N3O2S. The zero-order chi connectivity index (χ0) is 13.8. The van der Waals surface area contributed by atoms with Crippen LogP contribution in [0, 0.1) is 5.92 Å². The quantitative estimate of drug-likeness (QED) is 0.880. The molecule has 0 unspecified atom stereocenters. The number of rotatable bonds is 6. The van der Waals surface area contributed by atoms with Gasteiger partial charge in [0, 0.05) is 5.56 Å². The molecule has 20 heavy (non-hydrogen) atoms. The van der Waals surface area contributed by atoms with Crippen molar-refractivity contribution >= 4 is 11.8 Å². The van der Waals surface area contributed by atoms with Crippen LogP contribution in [0.1, 0.15) is 5.89 Å². The van der Waals surface area contributed by atoms with Crippen molar-refractivity contribution in [3.05, 3.63) is 30.2 Å². The smallest absolute Gasteiger partial charge is 0.236 e. The molecule has 0 atom stereocenters. The Morgan fingerprint density at radius 3 is 2.80 bits per heavy atom. The van der Waals surface area contributed by atoms with Crippen molar-refractivity contribution in [2.75, 3.05) is 26.0 Å². The first kappa shape index (κ1) is 13.5. The normalized spacial score (nSPS) is 15.1. The minimum atomic E-state index is 0.633. The Morgan fingerprint density at radius 2 is 2.15 bits per heavy atom. The Morgan fingerprint density at radius 1 is 1.35 bits per heavy atom. The number of nitrogens with zero attached hydrogens (tertiary/aromatic N) is 2. The molecule has 5 nitrogen and oxygen atoms in total. The molecular weight excluding hydrogens is 274 g/mol. The fourth-order valence-electron chi connectivity index (χ4n) is 1.95. The fourth-order valence-corrected chi connectivity index (χ4v) is 2.93. The number of ether oxygens (including phenoxy) is 1. The van der Waals surface area contributed by atoms with Crippen LogP contribution in [0.15, 0.2) is 28.8 Å². The van der Waals surface area contributed by atoms with Gasteiger partial charge in [0.05, 0.1) is 12.9 Å². The first-order chi connectivity index (χ1) is 9.85. The average Bonchev–Trinajstić information content (AvgIpc) is 2.90. The molecule has 1 N–H and O–H groups in total. The van der Waals surface area contributed by atoms with Crippen LogP contribution >= 0.6 is 11.8 Å². The molecule has 1 aromatic carbocycles. The third-order valence-corrected chi connectivity index (χ3v) is 4.42. The molecule has 2 aromatic rings. The summed E-state index contributed by atoms with van der Waals surface area (Å²) in [5.41, 5.74) is 0.939. The van der Waals surface area contributed by atoms with Crippen molar-refractivity contribution in [3.63, 3.8) is 0 Å². The van der Waals surface area contributed by atoms with Crippen molar-refractivity contribution in [1.82, 2.24) is 15.5 Å². The van der Waals surface area contributed by atoms with Crippen LogP contribution in [0.25, 0.3) is 11.4 Å². The van der Waals surface area contributed by atoms with Gasteiger partial charge >= 0.3 is 0 Å². The van der Waals surface area contributed by atoms with Crippen molar-refractivity contribution in [2.24, 2.45) is 5.92 Å². The van der Waals surface area contributed by atoms with E-state index in [4.69, 9.17) is 9.26 Å². The molecule has 0 saturated carbocycles. The van der Waals surface area contributed by atoms with Gasteiger partial charge in [0.2, 0.25) is 11.7 Å². The van der Waals surface area contributed by atoms with Gasteiger partial charge in [-0.1, -0.05) is 5.16 Å². The predicted molar refractivity (Wildman–Crippen MR) is 78.8 cm³/mol. The summed E-state index contributed by atoms with van der Waals surface area (Å²) >= 11 is 1.85. The van der Waals surface area contributed by atoms with E-state index < -0.39 is 0 Å². The lowest BCUT2D eigenvalue weighted by atomic mass is 10.1. The first-order valence-electron chi connectivity index (χ1n) is 6.60. The molecule has 2 heterocycles. The van der Waals surface area contributed by atoms with Gasteiger partial charge in [-0.15, -0.1) is 0 Å². The third-order valence-electron chi connectivity index (χ3n) is 3.26. The van der Waals surface area contributed by atoms with E-state index in [-0.39, 0.29) is 0 Å². The van der Waals surface area contributed by atoms with E-state index in [1.54, 1.807) is 7.11 Å². The highest BCUT2D eigenvalue weighted by molar-refractivity contribution is 7.98. The molecule has 1 fully saturated rings. The Kier molecular flexibility index (Phi) is 4.22. The number of hydrogen-bond acceptors (Lipinski definition) is 6. The van der Waals surface area contributed by atoms with Crippen LogP contribution in [0.2, 0.25) is 0 Å². The molecule has 0 spiro atoms. The van der Waals surface area contributed by atoms with E-state index >= 15 is 0 Å². The summed E-state index contributed by atoms with van der Waals surface area (Å²) in [4.78, 5) is 4.42. The number of aromatic nitrogens is 2. The van der Waals surface area contributed by atoms with E-state index in [1.165, 1.54) is 0 Å². The van der Waals surface area contributed by atoms with Gasteiger partial charge in [0.25, 0.3) is 0 Å². The maximum absolute atomic E-state index is 5.28. The van der Waals surface area contributed by atoms with Gasteiger partial charge < -0.3 is 14.6 Å². The lowest BCUT2D eigenvalue weighted by Gasteiger charge is -2.26. The SMILES string of the molecule is COc1ccc(-c2noc(CSCC3CNC3)n2)cc1. The fraction of sp³-hybridized carbons (Fsp3) is 0.429. The van der Waals surface area contributed by atoms with Gasteiger partial charge in [-0.3, -0.25) is 0 Å². The Bertz CT molecular complexity index is 552. The van der Waals surface area contributed by atoms with Gasteiger partial charge in [-0.25, -0.2) is 0 Å². The molecule has 6 heteroatoms. The topological polar surface area (TPSA) is 60.2 Å². The summed E-state index contributed by atoms with van der Waals surface area (Å²) in [6, 6.07) is 7.65. The molecule has 0 bridgehead atoms. The van der Waals surface area contributed by atoms with Crippen LogP contribution < -0.4 is 10.1 Å². The summed E-state index contributed by atoms with van der Waals surface area (Å²) in [6.07, 6.45) is 0. The van der Waals surface area contributed by atoms with Gasteiger partial charge in [-0.2, -0.15) is 16.7 Å². The van der Waals surface area contributed by atoms with Crippen LogP contribution in [0.5, 0.6) is 5.75 Å². The molecule has 0 radical (unpaired) electrons. The van der Waals surface area contributed by atoms with Crippen LogP contribution in [-0.4, -0.2) is 36.1 Å². The number of benzene rings is 1. The van der Waals surface area contributed by atoms with Gasteiger partial charge in [-0.05, 0) is 49.0 Å². The van der Waals surface area contributed by atoms with E-state index in [0.717, 1.165) is 41.8 Å². The Balaban J connectivity index is 1.57. The second-order valence-corrected chi connectivity index (χ2v) is 5.81. The van der Waals surface area contributed by atoms with Gasteiger partial charge in [0.1, 0.15) is 5.75 Å². The second kappa shape index (κ2) is 6.28. The zero-order valence-corrected chi connectivity index (χ0v) is 12.2. The Hall–Kier alpha value is -1.53. The number of nitrogens with one attached hydrogen (secondary N) is 1. The minimum absolute atomic E-state index is 0.633. The van der Waals surface area contributed by atoms with E-state index in [2.05, 4.69) is 15.5 Å². The molecule has 1 saturated heterocycles. The molecule has 0 aliphatic carbocycles. The molecule has 1 aromatic heterocycles. The summed E-state index contributed by atoms with van der Waals surface area (Å²) < 4.78 is 10.4. The summed E-state index contributed by atoms with van der Waals surface area (Å²) in [6.45, 7) is 2.27. The average molecular weight is 291 g/mol. The number of methoxy groups -OCH3 is 1. The summed E-state index contributed by atoms with van der Waals surface area (Å²) in [7, 11) is 1.65. The highest BCUT2D eigenvalue weighted by Crippen LogP contribution is 2.22. The maximum Gasteiger partial charge on any atom is 0.236 e. The molecule has 1 aliphatic rings. The lowest BCUT2D eigenvalue weighted by Crippen LogP contribution is -2.43. The standard InChI is InChI=1S/C14H17N3O2S/c1-18-12-4-2-11(3-5-12)14-16-13(19-17-14)9-20-8-10-6-15-7-10/h2-5,10,15H,6-9H2,1H3. The Labute approximate surface area is 122 Å². The number of hydrogen-bond donors (Lipinski definition) is 1. The van der Waals surface area contributed by atoms with Gasteiger partial charge in [0.15, 0.2) is 0 Å². The van der Waals surface area contributed by atoms with Crippen LogP contribution in [0.3, 0.4) is 0 Å². The molecule has 1 aliphatic heterocycles. The molecule has 106 valence electrons. The predicted octanol–water partition coefficient (Wildman–Crippen LogP) is 2.20. The largest absolute Gasteiger partial charge is 0.497 e. The molecule has 3 rings (SSSR count). The van der Waals surface area contributed by atoms with Crippen molar-refractivity contribution in [2.45, 2.75) is 5.75 Å². The minimum Gasteiger partial charge on any atom is -0.497 e. The maximum atomic E-state index is 5.28. The van der Waals surface area contributed by atoms with E-state index in [0.29, 0.717) is 11.7 Å². The number of thioether (sulfide) groups is 1. The van der Waals surface area contributed by atoms with E-state index in [1.807, 2.05) is 36.0 Å². The van der Waals surface area contributed by atoms with Crippen LogP contribution in [-0.2, 0) is 5.75 Å². The highest BCUT2D eigenvalue weighted by Gasteiger charge is 2.17. The van der Waals surface area contributed by atoms with Crippen molar-refractivity contribution < 1.29 is 9.26 Å². The first-order valence-corrected chi connectivity index (χ1v) is 7.76. The van der Waals surface area contributed by atoms with Crippen molar-refractivity contribution in [3.8, 4) is 17.1 Å². The summed E-state index contributed by atoms with van der Waals surface area (Å²) in [5.74, 6) is 4.86. The second-order valence-electron chi connectivity index (χ2n) is 4.78. The van der Waals surface area contributed by atoms with E-state index in [9.17, 15) is 0 Å². The zero-order valence-electron chi connectivity index (χ0n) is 11.3. The van der Waals surface area contributed by atoms with Crippen molar-refractivity contribution in [1.29, 1.82) is 0 Å². The third kappa shape index (κ3) is 3.13. The monoisotopic (exact) mass is 291 g/mol.